The first-order valence-electron chi connectivity index (χ1n) is 13.4. The summed E-state index contributed by atoms with van der Waals surface area (Å²) in [4.78, 5) is 21.4. The molecule has 0 radical (unpaired) electrons. The predicted octanol–water partition coefficient (Wildman–Crippen LogP) is 7.77. The van der Waals surface area contributed by atoms with Gasteiger partial charge in [0.2, 0.25) is 5.91 Å². The first-order chi connectivity index (χ1) is 17.1. The van der Waals surface area contributed by atoms with Crippen molar-refractivity contribution in [1.29, 1.82) is 0 Å². The van der Waals surface area contributed by atoms with E-state index >= 15 is 0 Å². The summed E-state index contributed by atoms with van der Waals surface area (Å²) in [5.74, 6) is 0.670. The maximum absolute atomic E-state index is 12.4. The summed E-state index contributed by atoms with van der Waals surface area (Å²) in [5.41, 5.74) is 6.54. The Labute approximate surface area is 224 Å². The molecule has 5 heteroatoms. The third-order valence-corrected chi connectivity index (χ3v) is 7.32. The van der Waals surface area contributed by atoms with Gasteiger partial charge in [-0.25, -0.2) is 0 Å². The van der Waals surface area contributed by atoms with Crippen molar-refractivity contribution in [2.75, 3.05) is 27.2 Å². The molecule has 1 atom stereocenters. The number of halogens is 1. The van der Waals surface area contributed by atoms with Gasteiger partial charge in [0.05, 0.1) is 5.69 Å². The summed E-state index contributed by atoms with van der Waals surface area (Å²) in [6, 6.07) is 12.9. The van der Waals surface area contributed by atoms with Crippen molar-refractivity contribution < 1.29 is 4.79 Å². The molecule has 1 aliphatic rings. The van der Waals surface area contributed by atoms with E-state index < -0.39 is 0 Å². The number of hydrogen-bond acceptors (Lipinski definition) is 3. The first-order valence-corrected chi connectivity index (χ1v) is 13.8. The van der Waals surface area contributed by atoms with Gasteiger partial charge in [0, 0.05) is 41.3 Å². The van der Waals surface area contributed by atoms with Gasteiger partial charge < -0.3 is 9.80 Å². The number of likely N-dealkylation sites (N-methyl/N-ethyl adjacent to an activating group) is 1. The van der Waals surface area contributed by atoms with Gasteiger partial charge in [0.15, 0.2) is 0 Å². The smallest absolute Gasteiger partial charge is 0.225 e. The number of carbonyl (C=O) groups excluding carboxylic acids is 1. The molecule has 1 unspecified atom stereocenters. The molecule has 198 valence electrons. The second kappa shape index (κ2) is 14.5. The van der Waals surface area contributed by atoms with Crippen molar-refractivity contribution in [1.82, 2.24) is 9.80 Å². The minimum Gasteiger partial charge on any atom is -0.341 e. The number of hydrogen-bond donors (Lipinski definition) is 0. The lowest BCUT2D eigenvalue weighted by Crippen LogP contribution is -2.37. The summed E-state index contributed by atoms with van der Waals surface area (Å²) in [6.07, 6.45) is 5.46. The zero-order valence-corrected chi connectivity index (χ0v) is 24.5. The normalized spacial score (nSPS) is 15.9. The van der Waals surface area contributed by atoms with E-state index in [1.165, 1.54) is 16.7 Å². The second-order valence-corrected chi connectivity index (χ2v) is 10.8. The van der Waals surface area contributed by atoms with Crippen molar-refractivity contribution in [2.24, 2.45) is 10.9 Å². The molecule has 4 nitrogen and oxygen atoms in total. The fraction of sp³-hybridized carbons (Fsp3) is 0.548. The van der Waals surface area contributed by atoms with Crippen LogP contribution in [0.2, 0.25) is 5.02 Å². The van der Waals surface area contributed by atoms with Crippen molar-refractivity contribution in [3.8, 4) is 0 Å². The van der Waals surface area contributed by atoms with Gasteiger partial charge in [0.25, 0.3) is 0 Å². The van der Waals surface area contributed by atoms with Crippen LogP contribution in [0, 0.1) is 26.7 Å². The van der Waals surface area contributed by atoms with Crippen LogP contribution in [0.5, 0.6) is 0 Å². The van der Waals surface area contributed by atoms with Gasteiger partial charge in [-0.1, -0.05) is 62.1 Å². The number of amides is 1. The predicted molar refractivity (Wildman–Crippen MR) is 156 cm³/mol. The maximum atomic E-state index is 12.4. The molecule has 2 aromatic rings. The molecule has 1 fully saturated rings. The van der Waals surface area contributed by atoms with Gasteiger partial charge >= 0.3 is 0 Å². The van der Waals surface area contributed by atoms with Crippen LogP contribution in [-0.4, -0.2) is 54.6 Å². The molecule has 3 rings (SSSR count). The molecule has 0 bridgehead atoms. The molecule has 0 N–H and O–H groups in total. The molecule has 36 heavy (non-hydrogen) atoms. The van der Waals surface area contributed by atoms with Gasteiger partial charge in [-0.05, 0) is 90.4 Å². The monoisotopic (exact) mass is 511 g/mol. The van der Waals surface area contributed by atoms with E-state index in [0.29, 0.717) is 11.9 Å². The van der Waals surface area contributed by atoms with Crippen molar-refractivity contribution in [3.05, 3.63) is 63.7 Å². The van der Waals surface area contributed by atoms with Crippen molar-refractivity contribution >= 4 is 28.9 Å². The summed E-state index contributed by atoms with van der Waals surface area (Å²) in [6.45, 7) is 14.4. The highest BCUT2D eigenvalue weighted by atomic mass is 35.5. The number of carbonyl (C=O) groups is 1. The lowest BCUT2D eigenvalue weighted by atomic mass is 9.97. The SMILES string of the molecule is CC(=Nc1cc(C)ccc1C)c1cc(C)ccc1Cl.CCCC(CCC)C(=O)N1CCC(N(C)C)C1. The number of rotatable bonds is 8. The fourth-order valence-electron chi connectivity index (χ4n) is 4.71. The minimum absolute atomic E-state index is 0.269. The van der Waals surface area contributed by atoms with E-state index in [-0.39, 0.29) is 5.92 Å². The molecular weight excluding hydrogens is 466 g/mol. The Balaban J connectivity index is 0.000000255. The van der Waals surface area contributed by atoms with Crippen LogP contribution in [0.4, 0.5) is 5.69 Å². The molecule has 0 aromatic heterocycles. The molecule has 1 amide bonds. The van der Waals surface area contributed by atoms with E-state index in [2.05, 4.69) is 82.8 Å². The van der Waals surface area contributed by atoms with Crippen LogP contribution in [0.3, 0.4) is 0 Å². The lowest BCUT2D eigenvalue weighted by molar-refractivity contribution is -0.135. The standard InChI is InChI=1S/C17H18ClN.C14H28N2O/c1-11-6-8-16(18)15(9-11)14(4)19-17-10-12(2)5-7-13(17)3;1-5-7-12(8-6-2)14(17)16-10-9-13(11-16)15(3)4/h5-10H,1-4H3;12-13H,5-11H2,1-4H3. The molecule has 0 spiro atoms. The Kier molecular flexibility index (Phi) is 12.1. The van der Waals surface area contributed by atoms with Crippen molar-refractivity contribution in [3.63, 3.8) is 0 Å². The van der Waals surface area contributed by atoms with Gasteiger partial charge in [0.1, 0.15) is 0 Å². The molecule has 1 aliphatic heterocycles. The highest BCUT2D eigenvalue weighted by Crippen LogP contribution is 2.24. The van der Waals surface area contributed by atoms with E-state index in [4.69, 9.17) is 16.6 Å². The third kappa shape index (κ3) is 8.74. The summed E-state index contributed by atoms with van der Waals surface area (Å²) in [7, 11) is 4.21. The van der Waals surface area contributed by atoms with Crippen LogP contribution in [0.25, 0.3) is 0 Å². The van der Waals surface area contributed by atoms with Crippen LogP contribution in [0.1, 0.15) is 75.1 Å². The fourth-order valence-corrected chi connectivity index (χ4v) is 4.96. The molecule has 2 aromatic carbocycles. The van der Waals surface area contributed by atoms with Crippen LogP contribution >= 0.6 is 11.6 Å². The number of aliphatic imine (C=N–C) groups is 1. The van der Waals surface area contributed by atoms with E-state index in [0.717, 1.165) is 67.2 Å². The summed E-state index contributed by atoms with van der Waals surface area (Å²) >= 11 is 6.25. The molecule has 0 saturated carbocycles. The minimum atomic E-state index is 0.269. The van der Waals surface area contributed by atoms with Crippen LogP contribution < -0.4 is 0 Å². The highest BCUT2D eigenvalue weighted by molar-refractivity contribution is 6.34. The topological polar surface area (TPSA) is 35.9 Å². The lowest BCUT2D eigenvalue weighted by Gasteiger charge is -2.24. The molecule has 1 heterocycles. The number of benzene rings is 2. The first kappa shape index (κ1) is 30.1. The van der Waals surface area contributed by atoms with Gasteiger partial charge in [-0.3, -0.25) is 9.79 Å². The van der Waals surface area contributed by atoms with Crippen LogP contribution in [0.15, 0.2) is 41.4 Å². The van der Waals surface area contributed by atoms with Gasteiger partial charge in [-0.2, -0.15) is 0 Å². The van der Waals surface area contributed by atoms with Crippen LogP contribution in [-0.2, 0) is 4.79 Å². The molecule has 0 aliphatic carbocycles. The van der Waals surface area contributed by atoms with E-state index in [1.807, 2.05) is 19.1 Å². The Bertz CT molecular complexity index is 1020. The number of aryl methyl sites for hydroxylation is 3. The average molecular weight is 512 g/mol. The zero-order chi connectivity index (χ0) is 26.8. The Morgan fingerprint density at radius 1 is 1.06 bits per heavy atom. The Morgan fingerprint density at radius 2 is 1.67 bits per heavy atom. The largest absolute Gasteiger partial charge is 0.341 e. The van der Waals surface area contributed by atoms with E-state index in [9.17, 15) is 4.79 Å². The maximum Gasteiger partial charge on any atom is 0.225 e. The summed E-state index contributed by atoms with van der Waals surface area (Å²) < 4.78 is 0. The average Bonchev–Trinajstić information content (AvgIpc) is 3.33. The van der Waals surface area contributed by atoms with Crippen molar-refractivity contribution in [2.45, 2.75) is 79.7 Å². The molecule has 1 saturated heterocycles. The quantitative estimate of drug-likeness (QED) is 0.339. The second-order valence-electron chi connectivity index (χ2n) is 10.4. The third-order valence-electron chi connectivity index (χ3n) is 6.99. The Hall–Kier alpha value is -2.17. The molecular formula is C31H46ClN3O. The zero-order valence-electron chi connectivity index (χ0n) is 23.7. The number of nitrogens with zero attached hydrogens (tertiary/aromatic N) is 3. The number of likely N-dealkylation sites (tertiary alicyclic amines) is 1. The summed E-state index contributed by atoms with van der Waals surface area (Å²) in [5, 5.41) is 0.747. The van der Waals surface area contributed by atoms with E-state index in [1.54, 1.807) is 0 Å². The highest BCUT2D eigenvalue weighted by Gasteiger charge is 2.30. The van der Waals surface area contributed by atoms with Gasteiger partial charge in [-0.15, -0.1) is 0 Å². The Morgan fingerprint density at radius 3 is 2.25 bits per heavy atom.